The first-order valence-corrected chi connectivity index (χ1v) is 10.8. The van der Waals surface area contributed by atoms with E-state index < -0.39 is 0 Å². The van der Waals surface area contributed by atoms with Gasteiger partial charge in [0.1, 0.15) is 22.7 Å². The van der Waals surface area contributed by atoms with Gasteiger partial charge in [0, 0.05) is 23.3 Å². The molecular weight excluding hydrogens is 472 g/mol. The quantitative estimate of drug-likeness (QED) is 0.199. The lowest BCUT2D eigenvalue weighted by Crippen LogP contribution is -2.28. The summed E-state index contributed by atoms with van der Waals surface area (Å²) < 4.78 is 0.735. The summed E-state index contributed by atoms with van der Waals surface area (Å²) >= 11 is 3.53. The van der Waals surface area contributed by atoms with E-state index in [1.807, 2.05) is 42.5 Å². The van der Waals surface area contributed by atoms with Gasteiger partial charge in [-0.05, 0) is 46.1 Å². The lowest BCUT2D eigenvalue weighted by Gasteiger charge is -2.19. The van der Waals surface area contributed by atoms with Crippen LogP contribution in [-0.4, -0.2) is 45.6 Å². The summed E-state index contributed by atoms with van der Waals surface area (Å²) in [6.07, 6.45) is 2.18. The zero-order valence-corrected chi connectivity index (χ0v) is 19.0. The maximum Gasteiger partial charge on any atom is 0.261 e. The summed E-state index contributed by atoms with van der Waals surface area (Å²) in [5.74, 6) is 0.806. The summed E-state index contributed by atoms with van der Waals surface area (Å²) in [5, 5.41) is 13.2. The van der Waals surface area contributed by atoms with Crippen molar-refractivity contribution in [1.29, 1.82) is 0 Å². The lowest BCUT2D eigenvalue weighted by atomic mass is 10.1. The topological polar surface area (TPSA) is 132 Å². The Morgan fingerprint density at radius 2 is 2.06 bits per heavy atom. The maximum absolute atomic E-state index is 12.8. The van der Waals surface area contributed by atoms with Crippen LogP contribution in [0.1, 0.15) is 11.1 Å². The van der Waals surface area contributed by atoms with Crippen molar-refractivity contribution in [3.63, 3.8) is 0 Å². The van der Waals surface area contributed by atoms with E-state index in [4.69, 9.17) is 5.73 Å². The van der Waals surface area contributed by atoms with Crippen LogP contribution in [0.4, 0.5) is 5.69 Å². The minimum atomic E-state index is -0.295. The van der Waals surface area contributed by atoms with Crippen molar-refractivity contribution < 1.29 is 5.11 Å². The first-order valence-electron chi connectivity index (χ1n) is 10.1. The Morgan fingerprint density at radius 1 is 1.28 bits per heavy atom. The minimum Gasteiger partial charge on any atom is -0.394 e. The van der Waals surface area contributed by atoms with Crippen molar-refractivity contribution in [2.75, 3.05) is 19.0 Å². The summed E-state index contributed by atoms with van der Waals surface area (Å²) in [5.41, 5.74) is 9.82. The molecule has 0 aliphatic heterocycles. The van der Waals surface area contributed by atoms with E-state index in [0.29, 0.717) is 40.4 Å². The maximum atomic E-state index is 12.8. The molecule has 0 fully saturated rings. The number of pyridine rings is 1. The number of hydrogen-bond acceptors (Lipinski definition) is 5. The van der Waals surface area contributed by atoms with E-state index in [1.165, 1.54) is 0 Å². The molecule has 0 spiro atoms. The summed E-state index contributed by atoms with van der Waals surface area (Å²) in [6, 6.07) is 15.0. The Labute approximate surface area is 192 Å². The van der Waals surface area contributed by atoms with Gasteiger partial charge in [0.2, 0.25) is 0 Å². The number of aliphatic hydroxyl groups is 1. The molecule has 0 bridgehead atoms. The number of aliphatic hydroxyl groups excluding tert-OH is 1. The zero-order valence-electron chi connectivity index (χ0n) is 17.4. The summed E-state index contributed by atoms with van der Waals surface area (Å²) in [4.78, 5) is 27.4. The number of rotatable bonds is 7. The van der Waals surface area contributed by atoms with Crippen LogP contribution in [0.15, 0.2) is 69.0 Å². The van der Waals surface area contributed by atoms with E-state index in [0.717, 1.165) is 15.6 Å². The van der Waals surface area contributed by atoms with Crippen LogP contribution in [0, 0.1) is 0 Å². The van der Waals surface area contributed by atoms with Crippen LogP contribution in [0.5, 0.6) is 0 Å². The zero-order chi connectivity index (χ0) is 22.7. The van der Waals surface area contributed by atoms with Gasteiger partial charge in [-0.3, -0.25) is 9.79 Å². The third kappa shape index (κ3) is 4.44. The van der Waals surface area contributed by atoms with Crippen LogP contribution in [0.2, 0.25) is 0 Å². The standard InChI is InChI=1S/C23H23BrN6O2/c1-26-21(25)14-10-16(24)20-18(11-14)29-22(30-20)19-17(7-8-27-23(19)32)28-15(12-31)9-13-5-3-2-4-6-13/h2-8,10-11,15,31H,9,12H2,1H3,(H2,25,26)(H,29,30)(H2,27,28,32). The normalized spacial score (nSPS) is 12.8. The number of nitrogens with one attached hydrogen (secondary N) is 3. The van der Waals surface area contributed by atoms with Gasteiger partial charge < -0.3 is 26.1 Å². The van der Waals surface area contributed by atoms with E-state index in [2.05, 4.69) is 41.2 Å². The summed E-state index contributed by atoms with van der Waals surface area (Å²) in [6.45, 7) is -0.0915. The van der Waals surface area contributed by atoms with Crippen molar-refractivity contribution in [2.45, 2.75) is 12.5 Å². The van der Waals surface area contributed by atoms with Crippen molar-refractivity contribution in [1.82, 2.24) is 15.0 Å². The largest absolute Gasteiger partial charge is 0.394 e. The molecule has 2 aromatic heterocycles. The Balaban J connectivity index is 1.74. The molecule has 0 saturated heterocycles. The fraction of sp³-hybridized carbons (Fsp3) is 0.174. The number of anilines is 1. The molecule has 1 atom stereocenters. The first kappa shape index (κ1) is 21.8. The molecule has 164 valence electrons. The fourth-order valence-electron chi connectivity index (χ4n) is 3.58. The molecule has 9 heteroatoms. The van der Waals surface area contributed by atoms with Crippen molar-refractivity contribution in [3.05, 3.63) is 80.7 Å². The van der Waals surface area contributed by atoms with Crippen molar-refractivity contribution in [2.24, 2.45) is 10.7 Å². The van der Waals surface area contributed by atoms with Gasteiger partial charge >= 0.3 is 0 Å². The second-order valence-corrected chi connectivity index (χ2v) is 8.21. The van der Waals surface area contributed by atoms with Gasteiger partial charge in [0.25, 0.3) is 5.56 Å². The lowest BCUT2D eigenvalue weighted by molar-refractivity contribution is 0.274. The van der Waals surface area contributed by atoms with Gasteiger partial charge in [-0.15, -0.1) is 0 Å². The number of halogens is 1. The minimum absolute atomic E-state index is 0.0915. The molecule has 2 heterocycles. The smallest absolute Gasteiger partial charge is 0.261 e. The molecule has 0 radical (unpaired) electrons. The van der Waals surface area contributed by atoms with Gasteiger partial charge in [-0.2, -0.15) is 0 Å². The van der Waals surface area contributed by atoms with Crippen LogP contribution in [0.3, 0.4) is 0 Å². The van der Waals surface area contributed by atoms with Crippen LogP contribution < -0.4 is 16.6 Å². The number of nitrogens with two attached hydrogens (primary N) is 1. The SMILES string of the molecule is CN=C(N)c1cc(Br)c2nc(-c3c(NC(CO)Cc4ccccc4)cc[nH]c3=O)[nH]c2c1. The number of fused-ring (bicyclic) bond motifs is 1. The summed E-state index contributed by atoms with van der Waals surface area (Å²) in [7, 11) is 1.63. The molecule has 2 aromatic carbocycles. The number of nitrogens with zero attached hydrogens (tertiary/aromatic N) is 2. The number of amidine groups is 1. The van der Waals surface area contributed by atoms with Gasteiger partial charge in [0.05, 0.1) is 23.9 Å². The second kappa shape index (κ2) is 9.37. The van der Waals surface area contributed by atoms with E-state index >= 15 is 0 Å². The van der Waals surface area contributed by atoms with Crippen LogP contribution in [0.25, 0.3) is 22.4 Å². The molecule has 0 aliphatic rings. The molecule has 6 N–H and O–H groups in total. The molecular formula is C23H23BrN6O2. The number of hydrogen-bond donors (Lipinski definition) is 5. The van der Waals surface area contributed by atoms with E-state index in [1.54, 1.807) is 19.3 Å². The highest BCUT2D eigenvalue weighted by molar-refractivity contribution is 9.10. The van der Waals surface area contributed by atoms with E-state index in [-0.39, 0.29) is 18.2 Å². The molecule has 0 amide bonds. The Kier molecular flexibility index (Phi) is 6.38. The third-order valence-electron chi connectivity index (χ3n) is 5.18. The predicted octanol–water partition coefficient (Wildman–Crippen LogP) is 3.03. The average molecular weight is 495 g/mol. The average Bonchev–Trinajstić information content (AvgIpc) is 3.23. The molecule has 0 saturated carbocycles. The molecule has 4 rings (SSSR count). The van der Waals surface area contributed by atoms with Crippen LogP contribution >= 0.6 is 15.9 Å². The monoisotopic (exact) mass is 494 g/mol. The Bertz CT molecular complexity index is 1330. The molecule has 0 aliphatic carbocycles. The molecule has 4 aromatic rings. The number of aromatic amines is 2. The number of H-pyrrole nitrogens is 2. The second-order valence-electron chi connectivity index (χ2n) is 7.36. The van der Waals surface area contributed by atoms with E-state index in [9.17, 15) is 9.90 Å². The van der Waals surface area contributed by atoms with Crippen molar-refractivity contribution >= 4 is 38.5 Å². The highest BCUT2D eigenvalue weighted by Gasteiger charge is 2.18. The Hall–Kier alpha value is -3.43. The van der Waals surface area contributed by atoms with Crippen LogP contribution in [-0.2, 0) is 6.42 Å². The molecule has 8 nitrogen and oxygen atoms in total. The number of aromatic nitrogens is 3. The first-order chi connectivity index (χ1) is 15.5. The fourth-order valence-corrected chi connectivity index (χ4v) is 4.13. The third-order valence-corrected chi connectivity index (χ3v) is 5.78. The number of imidazole rings is 1. The van der Waals surface area contributed by atoms with Crippen molar-refractivity contribution in [3.8, 4) is 11.4 Å². The predicted molar refractivity (Wildman–Crippen MR) is 131 cm³/mol. The van der Waals surface area contributed by atoms with Gasteiger partial charge in [-0.1, -0.05) is 30.3 Å². The molecule has 1 unspecified atom stereocenters. The Morgan fingerprint density at radius 3 is 2.78 bits per heavy atom. The number of benzene rings is 2. The number of aliphatic imine (C=N–C) groups is 1. The highest BCUT2D eigenvalue weighted by Crippen LogP contribution is 2.29. The van der Waals surface area contributed by atoms with Gasteiger partial charge in [-0.25, -0.2) is 4.98 Å². The molecule has 32 heavy (non-hydrogen) atoms. The van der Waals surface area contributed by atoms with Gasteiger partial charge in [0.15, 0.2) is 0 Å². The highest BCUT2D eigenvalue weighted by atomic mass is 79.9.